The molecule has 3 unspecified atom stereocenters. The van der Waals surface area contributed by atoms with Crippen LogP contribution in [0.3, 0.4) is 0 Å². The summed E-state index contributed by atoms with van der Waals surface area (Å²) in [5, 5.41) is 0. The highest BCUT2D eigenvalue weighted by Crippen LogP contribution is 2.38. The Hall–Kier alpha value is -3.07. The number of rotatable bonds is 14. The topological polar surface area (TPSA) is 0 Å². The molecule has 1 aromatic carbocycles. The van der Waals surface area contributed by atoms with Crippen LogP contribution in [0.1, 0.15) is 131 Å². The van der Waals surface area contributed by atoms with E-state index >= 15 is 0 Å². The predicted octanol–water partition coefficient (Wildman–Crippen LogP) is 15.8. The third-order valence-electron chi connectivity index (χ3n) is 7.20. The lowest BCUT2D eigenvalue weighted by Gasteiger charge is -2.17. The Kier molecular flexibility index (Phi) is 40.4. The summed E-state index contributed by atoms with van der Waals surface area (Å²) < 4.78 is 39.0. The van der Waals surface area contributed by atoms with E-state index in [4.69, 9.17) is 0 Å². The molecule has 0 nitrogen and oxygen atoms in total. The molecule has 1 fully saturated rings. The molecule has 47 heavy (non-hydrogen) atoms. The molecule has 0 aromatic heterocycles. The van der Waals surface area contributed by atoms with Gasteiger partial charge in [-0.15, -0.1) is 19.7 Å². The van der Waals surface area contributed by atoms with E-state index in [0.29, 0.717) is 11.1 Å². The average Bonchev–Trinajstić information content (AvgIpc) is 3.57. The van der Waals surface area contributed by atoms with Crippen molar-refractivity contribution in [2.75, 3.05) is 6.67 Å². The Morgan fingerprint density at radius 3 is 1.98 bits per heavy atom. The smallest absolute Gasteiger partial charge is 0.131 e. The first kappa shape index (κ1) is 50.8. The fourth-order valence-corrected chi connectivity index (χ4v) is 4.54. The van der Waals surface area contributed by atoms with Crippen molar-refractivity contribution in [2.45, 2.75) is 120 Å². The van der Waals surface area contributed by atoms with Crippen LogP contribution in [0.15, 0.2) is 106 Å². The van der Waals surface area contributed by atoms with E-state index in [9.17, 15) is 13.2 Å². The van der Waals surface area contributed by atoms with Gasteiger partial charge in [0, 0.05) is 5.56 Å². The van der Waals surface area contributed by atoms with E-state index in [1.54, 1.807) is 18.2 Å². The number of alkyl halides is 1. The van der Waals surface area contributed by atoms with Gasteiger partial charge in [0.05, 0.1) is 0 Å². The molecule has 1 aliphatic carbocycles. The van der Waals surface area contributed by atoms with Crippen LogP contribution < -0.4 is 0 Å². The van der Waals surface area contributed by atoms with E-state index in [0.717, 1.165) is 61.0 Å². The Morgan fingerprint density at radius 1 is 0.957 bits per heavy atom. The molecule has 3 atom stereocenters. The van der Waals surface area contributed by atoms with Crippen LogP contribution in [0, 0.1) is 23.6 Å². The number of halogens is 3. The van der Waals surface area contributed by atoms with E-state index < -0.39 is 12.5 Å². The number of unbranched alkanes of at least 4 members (excludes halogenated alkanes) is 2. The molecule has 3 heteroatoms. The lowest BCUT2D eigenvalue weighted by molar-refractivity contribution is 0.344. The van der Waals surface area contributed by atoms with Crippen LogP contribution in [-0.4, -0.2) is 6.67 Å². The summed E-state index contributed by atoms with van der Waals surface area (Å²) in [6.07, 6.45) is 24.4. The van der Waals surface area contributed by atoms with Crippen molar-refractivity contribution < 1.29 is 13.2 Å². The second kappa shape index (κ2) is 37.4. The van der Waals surface area contributed by atoms with Gasteiger partial charge >= 0.3 is 0 Å². The SMILES string of the molecule is C=C(F)/C=C(\C=C/CCCC)c1ccc(C(=C)/C=C\CC2CCC(C(C)CC)C2)cc1F.C=CC.C=CCC.C=CCF.CC.CC. The van der Waals surface area contributed by atoms with Gasteiger partial charge < -0.3 is 0 Å². The lowest BCUT2D eigenvalue weighted by atomic mass is 9.89. The van der Waals surface area contributed by atoms with Crippen molar-refractivity contribution in [3.05, 3.63) is 122 Å². The first-order valence-corrected chi connectivity index (χ1v) is 17.8. The molecule has 2 rings (SSSR count). The van der Waals surface area contributed by atoms with Gasteiger partial charge in [-0.25, -0.2) is 13.2 Å². The second-order valence-corrected chi connectivity index (χ2v) is 10.8. The monoisotopic (exact) mass is 657 g/mol. The Morgan fingerprint density at radius 2 is 1.53 bits per heavy atom. The third-order valence-corrected chi connectivity index (χ3v) is 7.20. The second-order valence-electron chi connectivity index (χ2n) is 10.8. The van der Waals surface area contributed by atoms with Crippen molar-refractivity contribution in [3.8, 4) is 0 Å². The van der Waals surface area contributed by atoms with E-state index in [1.165, 1.54) is 43.9 Å². The molecule has 0 bridgehead atoms. The summed E-state index contributed by atoms with van der Waals surface area (Å²) in [5.41, 5.74) is 2.42. The molecule has 0 radical (unpaired) electrons. The minimum absolute atomic E-state index is 0.374. The molecule has 1 aromatic rings. The summed E-state index contributed by atoms with van der Waals surface area (Å²) in [7, 11) is 0. The van der Waals surface area contributed by atoms with Crippen LogP contribution in [0.5, 0.6) is 0 Å². The van der Waals surface area contributed by atoms with Crippen LogP contribution >= 0.6 is 0 Å². The summed E-state index contributed by atoms with van der Waals surface area (Å²) in [6, 6.07) is 5.05. The molecule has 0 saturated heterocycles. The van der Waals surface area contributed by atoms with E-state index in [1.807, 2.05) is 58.9 Å². The highest BCUT2D eigenvalue weighted by Gasteiger charge is 2.26. The Labute approximate surface area is 290 Å². The summed E-state index contributed by atoms with van der Waals surface area (Å²) >= 11 is 0. The van der Waals surface area contributed by atoms with E-state index in [2.05, 4.69) is 66.7 Å². The van der Waals surface area contributed by atoms with Crippen LogP contribution in [-0.2, 0) is 0 Å². The minimum atomic E-state index is -0.585. The summed E-state index contributed by atoms with van der Waals surface area (Å²) in [6.45, 7) is 35.7. The van der Waals surface area contributed by atoms with Gasteiger partial charge in [-0.1, -0.05) is 142 Å². The molecule has 268 valence electrons. The summed E-state index contributed by atoms with van der Waals surface area (Å²) in [4.78, 5) is 0. The molecule has 0 N–H and O–H groups in total. The molecule has 0 heterocycles. The maximum atomic E-state index is 14.9. The van der Waals surface area contributed by atoms with E-state index in [-0.39, 0.29) is 5.82 Å². The zero-order chi connectivity index (χ0) is 37.0. The van der Waals surface area contributed by atoms with Gasteiger partial charge in [0.25, 0.3) is 0 Å². The third kappa shape index (κ3) is 27.7. The van der Waals surface area contributed by atoms with Crippen molar-refractivity contribution in [2.24, 2.45) is 17.8 Å². The molecule has 1 saturated carbocycles. The molecule has 0 spiro atoms. The molecular formula is C44H71F3. The van der Waals surface area contributed by atoms with Crippen molar-refractivity contribution in [1.29, 1.82) is 0 Å². The normalized spacial score (nSPS) is 15.4. The van der Waals surface area contributed by atoms with Gasteiger partial charge in [-0.05, 0) is 92.1 Å². The number of hydrogen-bond acceptors (Lipinski definition) is 0. The summed E-state index contributed by atoms with van der Waals surface area (Å²) in [5.74, 6) is 1.46. The fourth-order valence-electron chi connectivity index (χ4n) is 4.54. The zero-order valence-corrected chi connectivity index (χ0v) is 31.8. The van der Waals surface area contributed by atoms with Gasteiger partial charge in [-0.2, -0.15) is 0 Å². The molecule has 1 aliphatic rings. The minimum Gasteiger partial charge on any atom is -0.247 e. The highest BCUT2D eigenvalue weighted by atomic mass is 19.1. The fraction of sp³-hybridized carbons (Fsp3) is 0.500. The Balaban J connectivity index is -0.000000522. The van der Waals surface area contributed by atoms with Gasteiger partial charge in [0.1, 0.15) is 18.3 Å². The van der Waals surface area contributed by atoms with Crippen molar-refractivity contribution >= 4 is 11.1 Å². The van der Waals surface area contributed by atoms with Gasteiger partial charge in [0.2, 0.25) is 0 Å². The van der Waals surface area contributed by atoms with Gasteiger partial charge in [0.15, 0.2) is 0 Å². The van der Waals surface area contributed by atoms with Gasteiger partial charge in [-0.3, -0.25) is 0 Å². The Bertz CT molecular complexity index is 1020. The largest absolute Gasteiger partial charge is 0.247 e. The number of benzene rings is 1. The standard InChI is InChI=1S/C30H40F2.C4H8.C3H5F.C3H6.2C2H6/c1-6-8-9-10-14-28(19-24(5)31)29-18-17-27(21-30(29)32)23(4)12-11-13-25-15-16-26(20-25)22(3)7-2;1-3-4-2;1-2-3-4;1-3-2;2*1-2/h10-12,14,17-19,21-22,25-26H,4-9,13,15-16,20H2,1-3H3;3H,1,4H2,2H3;2H,1,3H2;3H,1H2,2H3;2*1-2H3/b12-11-,14-10-,28-19+;;;;;. The number of allylic oxidation sites excluding steroid dienone is 11. The highest BCUT2D eigenvalue weighted by molar-refractivity contribution is 5.78. The predicted molar refractivity (Wildman–Crippen MR) is 212 cm³/mol. The maximum Gasteiger partial charge on any atom is 0.131 e. The average molecular weight is 657 g/mol. The maximum absolute atomic E-state index is 14.9. The first-order valence-electron chi connectivity index (χ1n) is 17.8. The lowest BCUT2D eigenvalue weighted by Crippen LogP contribution is -2.06. The van der Waals surface area contributed by atoms with Crippen molar-refractivity contribution in [1.82, 2.24) is 0 Å². The van der Waals surface area contributed by atoms with Crippen LogP contribution in [0.4, 0.5) is 13.2 Å². The molecule has 0 aliphatic heterocycles. The first-order chi connectivity index (χ1) is 22.6. The molecular weight excluding hydrogens is 585 g/mol. The molecule has 0 amide bonds. The van der Waals surface area contributed by atoms with Crippen molar-refractivity contribution in [3.63, 3.8) is 0 Å². The number of hydrogen-bond donors (Lipinski definition) is 0. The quantitative estimate of drug-likeness (QED) is 0.106. The van der Waals surface area contributed by atoms with Crippen LogP contribution in [0.25, 0.3) is 11.1 Å². The zero-order valence-electron chi connectivity index (χ0n) is 31.8. The van der Waals surface area contributed by atoms with Crippen LogP contribution in [0.2, 0.25) is 0 Å².